The van der Waals surface area contributed by atoms with Crippen molar-refractivity contribution in [2.75, 3.05) is 20.1 Å². The minimum Gasteiger partial charge on any atom is -0.481 e. The molecule has 1 saturated heterocycles. The second kappa shape index (κ2) is 5.40. The van der Waals surface area contributed by atoms with Gasteiger partial charge in [0, 0.05) is 25.7 Å². The lowest BCUT2D eigenvalue weighted by Crippen LogP contribution is -2.30. The third-order valence-corrected chi connectivity index (χ3v) is 5.53. The molecule has 0 bridgehead atoms. The summed E-state index contributed by atoms with van der Waals surface area (Å²) < 4.78 is 0. The van der Waals surface area contributed by atoms with Gasteiger partial charge in [0.2, 0.25) is 0 Å². The van der Waals surface area contributed by atoms with Crippen LogP contribution in [0.3, 0.4) is 0 Å². The maximum absolute atomic E-state index is 12.8. The molecule has 2 heterocycles. The first kappa shape index (κ1) is 15.8. The molecule has 1 aliphatic carbocycles. The molecule has 3 amide bonds. The minimum atomic E-state index is -0.858. The molecular weight excluding hydrogens is 324 g/mol. The number of benzene rings is 1. The molecule has 1 aromatic rings. The monoisotopic (exact) mass is 342 g/mol. The maximum atomic E-state index is 12.8. The van der Waals surface area contributed by atoms with Crippen LogP contribution in [-0.2, 0) is 4.79 Å². The van der Waals surface area contributed by atoms with Crippen LogP contribution in [0.25, 0.3) is 0 Å². The van der Waals surface area contributed by atoms with E-state index < -0.39 is 17.8 Å². The summed E-state index contributed by atoms with van der Waals surface area (Å²) in [4.78, 5) is 50.9. The largest absolute Gasteiger partial charge is 0.481 e. The number of likely N-dealkylation sites (tertiary alicyclic amines) is 1. The van der Waals surface area contributed by atoms with E-state index in [1.54, 1.807) is 4.90 Å². The second-order valence-electron chi connectivity index (χ2n) is 7.09. The molecule has 7 nitrogen and oxygen atoms in total. The summed E-state index contributed by atoms with van der Waals surface area (Å²) in [5.74, 6) is -2.07. The van der Waals surface area contributed by atoms with E-state index in [0.29, 0.717) is 23.6 Å². The summed E-state index contributed by atoms with van der Waals surface area (Å²) in [5, 5.41) is 9.42. The van der Waals surface area contributed by atoms with Crippen LogP contribution in [0, 0.1) is 17.8 Å². The molecular formula is C18H18N2O5. The maximum Gasteiger partial charge on any atom is 0.308 e. The molecule has 0 spiro atoms. The highest BCUT2D eigenvalue weighted by Crippen LogP contribution is 2.44. The zero-order valence-electron chi connectivity index (χ0n) is 13.8. The molecule has 130 valence electrons. The summed E-state index contributed by atoms with van der Waals surface area (Å²) >= 11 is 0. The molecule has 2 atom stereocenters. The molecule has 0 unspecified atom stereocenters. The molecule has 25 heavy (non-hydrogen) atoms. The van der Waals surface area contributed by atoms with Crippen molar-refractivity contribution >= 4 is 23.7 Å². The van der Waals surface area contributed by atoms with Crippen LogP contribution in [0.1, 0.15) is 43.9 Å². The van der Waals surface area contributed by atoms with Crippen LogP contribution < -0.4 is 0 Å². The van der Waals surface area contributed by atoms with E-state index in [-0.39, 0.29) is 29.8 Å². The Bertz CT molecular complexity index is 814. The lowest BCUT2D eigenvalue weighted by atomic mass is 9.92. The predicted octanol–water partition coefficient (Wildman–Crippen LogP) is 1.10. The number of nitrogens with zero attached hydrogens (tertiary/aromatic N) is 2. The number of hydrogen-bond donors (Lipinski definition) is 1. The number of fused-ring (bicyclic) bond motifs is 1. The highest BCUT2D eigenvalue weighted by molar-refractivity contribution is 6.21. The van der Waals surface area contributed by atoms with Crippen LogP contribution in [-0.4, -0.2) is 58.7 Å². The number of rotatable bonds is 3. The zero-order valence-corrected chi connectivity index (χ0v) is 13.8. The highest BCUT2D eigenvalue weighted by Gasteiger charge is 2.47. The van der Waals surface area contributed by atoms with Crippen LogP contribution >= 0.6 is 0 Å². The molecule has 1 saturated carbocycles. The van der Waals surface area contributed by atoms with Gasteiger partial charge in [0.25, 0.3) is 17.7 Å². The topological polar surface area (TPSA) is 95.0 Å². The second-order valence-corrected chi connectivity index (χ2v) is 7.09. The lowest BCUT2D eigenvalue weighted by molar-refractivity contribution is -0.142. The number of aliphatic carboxylic acids is 1. The van der Waals surface area contributed by atoms with Crippen molar-refractivity contribution in [1.82, 2.24) is 9.80 Å². The Morgan fingerprint density at radius 1 is 1.08 bits per heavy atom. The minimum absolute atomic E-state index is 0.00483. The number of carbonyl (C=O) groups excluding carboxylic acids is 3. The van der Waals surface area contributed by atoms with Crippen LogP contribution in [0.5, 0.6) is 0 Å². The number of carboxylic acids is 1. The highest BCUT2D eigenvalue weighted by atomic mass is 16.4. The first-order chi connectivity index (χ1) is 11.9. The Labute approximate surface area is 144 Å². The van der Waals surface area contributed by atoms with Gasteiger partial charge in [-0.3, -0.25) is 24.1 Å². The first-order valence-corrected chi connectivity index (χ1v) is 8.37. The van der Waals surface area contributed by atoms with Crippen LogP contribution in [0.15, 0.2) is 18.2 Å². The van der Waals surface area contributed by atoms with Gasteiger partial charge >= 0.3 is 5.97 Å². The van der Waals surface area contributed by atoms with Gasteiger partial charge in [-0.2, -0.15) is 0 Å². The van der Waals surface area contributed by atoms with E-state index in [1.165, 1.54) is 25.2 Å². The van der Waals surface area contributed by atoms with Crippen LogP contribution in [0.4, 0.5) is 0 Å². The van der Waals surface area contributed by atoms with Gasteiger partial charge in [0.1, 0.15) is 0 Å². The van der Waals surface area contributed by atoms with E-state index in [1.807, 2.05) is 0 Å². The lowest BCUT2D eigenvalue weighted by Gasteiger charge is -2.16. The van der Waals surface area contributed by atoms with Gasteiger partial charge in [-0.25, -0.2) is 0 Å². The van der Waals surface area contributed by atoms with E-state index >= 15 is 0 Å². The summed E-state index contributed by atoms with van der Waals surface area (Å²) in [5.41, 5.74) is 0.839. The summed E-state index contributed by atoms with van der Waals surface area (Å²) in [7, 11) is 1.41. The van der Waals surface area contributed by atoms with Gasteiger partial charge in [-0.1, -0.05) is 0 Å². The van der Waals surface area contributed by atoms with E-state index in [9.17, 15) is 24.3 Å². The van der Waals surface area contributed by atoms with Crippen molar-refractivity contribution in [1.29, 1.82) is 0 Å². The van der Waals surface area contributed by atoms with Gasteiger partial charge in [-0.05, 0) is 42.9 Å². The first-order valence-electron chi connectivity index (χ1n) is 8.37. The Morgan fingerprint density at radius 2 is 1.76 bits per heavy atom. The molecule has 4 rings (SSSR count). The fourth-order valence-electron chi connectivity index (χ4n) is 3.93. The SMILES string of the molecule is CN1C(=O)c2ccc(C(=O)N3C[C@H](C(=O)O)[C@@H](C4CC4)C3)cc2C1=O. The summed E-state index contributed by atoms with van der Waals surface area (Å²) in [6.07, 6.45) is 2.05. The van der Waals surface area contributed by atoms with E-state index in [4.69, 9.17) is 0 Å². The van der Waals surface area contributed by atoms with Gasteiger partial charge in [0.05, 0.1) is 17.0 Å². The fraction of sp³-hybridized carbons (Fsp3) is 0.444. The van der Waals surface area contributed by atoms with Crippen molar-refractivity contribution in [3.05, 3.63) is 34.9 Å². The predicted molar refractivity (Wildman–Crippen MR) is 86.1 cm³/mol. The Hall–Kier alpha value is -2.70. The molecule has 3 aliphatic rings. The van der Waals surface area contributed by atoms with E-state index in [0.717, 1.165) is 17.7 Å². The van der Waals surface area contributed by atoms with Crippen molar-refractivity contribution in [3.63, 3.8) is 0 Å². The number of hydrogen-bond acceptors (Lipinski definition) is 4. The Kier molecular flexibility index (Phi) is 3.42. The third kappa shape index (κ3) is 2.42. The standard InChI is InChI=1S/C18H18N2O5/c1-19-16(22)11-5-4-10(6-12(11)17(19)23)15(21)20-7-13(9-2-3-9)14(8-20)18(24)25/h4-6,9,13-14H,2-3,7-8H2,1H3,(H,24,25)/t13-,14+/m1/s1. The average Bonchev–Trinajstić information content (AvgIpc) is 3.31. The molecule has 0 aromatic heterocycles. The van der Waals surface area contributed by atoms with Crippen molar-refractivity contribution in [3.8, 4) is 0 Å². The summed E-state index contributed by atoms with van der Waals surface area (Å²) in [6, 6.07) is 4.47. The third-order valence-electron chi connectivity index (χ3n) is 5.53. The van der Waals surface area contributed by atoms with Crippen LogP contribution in [0.2, 0.25) is 0 Å². The quantitative estimate of drug-likeness (QED) is 0.830. The number of carbonyl (C=O) groups is 4. The van der Waals surface area contributed by atoms with Gasteiger partial charge < -0.3 is 10.0 Å². The molecule has 1 aromatic carbocycles. The van der Waals surface area contributed by atoms with Crippen molar-refractivity contribution in [2.45, 2.75) is 12.8 Å². The molecule has 2 aliphatic heterocycles. The molecule has 0 radical (unpaired) electrons. The van der Waals surface area contributed by atoms with Gasteiger partial charge in [0.15, 0.2) is 0 Å². The van der Waals surface area contributed by atoms with Crippen molar-refractivity contribution < 1.29 is 24.3 Å². The fourth-order valence-corrected chi connectivity index (χ4v) is 3.93. The number of carboxylic acid groups (broad SMARTS) is 1. The molecule has 1 N–H and O–H groups in total. The number of imide groups is 1. The van der Waals surface area contributed by atoms with E-state index in [2.05, 4.69) is 0 Å². The normalized spacial score (nSPS) is 25.5. The smallest absolute Gasteiger partial charge is 0.308 e. The molecule has 7 heteroatoms. The van der Waals surface area contributed by atoms with Crippen molar-refractivity contribution in [2.24, 2.45) is 17.8 Å². The average molecular weight is 342 g/mol. The zero-order chi connectivity index (χ0) is 17.9. The van der Waals surface area contributed by atoms with Gasteiger partial charge in [-0.15, -0.1) is 0 Å². The Balaban J connectivity index is 1.59. The Morgan fingerprint density at radius 3 is 2.40 bits per heavy atom. The molecule has 2 fully saturated rings. The number of amides is 3. The summed E-state index contributed by atoms with van der Waals surface area (Å²) in [6.45, 7) is 0.629.